The van der Waals surface area contributed by atoms with Crippen molar-refractivity contribution in [2.24, 2.45) is 35.5 Å². The van der Waals surface area contributed by atoms with E-state index < -0.39 is 57.2 Å². The van der Waals surface area contributed by atoms with Crippen molar-refractivity contribution in [2.75, 3.05) is 13.2 Å². The summed E-state index contributed by atoms with van der Waals surface area (Å²) < 4.78 is 29.2. The molecule has 1 amide bonds. The molecule has 10 aliphatic rings. The smallest absolute Gasteiger partial charge is 0.463 e. The number of hydrogen-bond donors (Lipinski definition) is 0. The number of nitriles is 1. The molecule has 6 aliphatic heterocycles. The molecule has 2 spiro atoms. The molecule has 8 bridgehead atoms. The Morgan fingerprint density at radius 3 is 1.97 bits per heavy atom. The molecule has 3 saturated heterocycles. The Morgan fingerprint density at radius 1 is 0.836 bits per heavy atom. The maximum Gasteiger partial charge on any atom is 0.509 e. The molecule has 10 rings (SSSR count). The van der Waals surface area contributed by atoms with Crippen LogP contribution in [-0.2, 0) is 33.3 Å². The molecular formula is C48H51N5O8. The summed E-state index contributed by atoms with van der Waals surface area (Å²) in [5.74, 6) is -0.851. The standard InChI is InChI=1S/C26H29N3O5.C22H22N2O3/c1-7-32-21(30)26-11-10-25(34-26)13-24(14-27,28-6)17-12-16-8-9-18(19(17)20(25)15(26)2)29(16)22(31)33-23(3,4)5;1-5-26-19(25)21-9-8-20(27-21)12-22(23-3,24-4)16-11-14-6-7-15(10-14)17(16)18(20)13(21)2/h10-12,16,18-20H,2,7-9,13H2,1,3-5H3;8-9,11,14-15,17-18H,2,5-7,10,12H2,1H3/t16?,18-,19+,20-,24?,25?,26?;14-,15+,17-,18+,20-,21-/m01/s1. The third kappa shape index (κ3) is 5.24. The molecule has 3 saturated carbocycles. The molecule has 0 aromatic heterocycles. The van der Waals surface area contributed by atoms with Gasteiger partial charge >= 0.3 is 29.2 Å². The molecule has 4 aliphatic carbocycles. The zero-order valence-corrected chi connectivity index (χ0v) is 35.4. The minimum Gasteiger partial charge on any atom is -0.463 e. The first-order chi connectivity index (χ1) is 28.9. The summed E-state index contributed by atoms with van der Waals surface area (Å²) in [4.78, 5) is 52.4. The van der Waals surface area contributed by atoms with Crippen molar-refractivity contribution in [2.45, 2.75) is 131 Å². The van der Waals surface area contributed by atoms with Crippen molar-refractivity contribution < 1.29 is 38.1 Å². The van der Waals surface area contributed by atoms with Crippen LogP contribution in [0.1, 0.15) is 79.6 Å². The van der Waals surface area contributed by atoms with Crippen LogP contribution in [0.5, 0.6) is 0 Å². The first-order valence-electron chi connectivity index (χ1n) is 21.5. The van der Waals surface area contributed by atoms with Crippen molar-refractivity contribution in [3.05, 3.63) is 106 Å². The fourth-order valence-electron chi connectivity index (χ4n) is 13.2. The predicted octanol–water partition coefficient (Wildman–Crippen LogP) is 7.42. The fraction of sp³-hybridized carbons (Fsp3) is 0.604. The molecular weight excluding hydrogens is 775 g/mol. The summed E-state index contributed by atoms with van der Waals surface area (Å²) >= 11 is 0. The molecule has 6 fully saturated rings. The number of allylic oxidation sites excluding steroid dienone is 1. The molecule has 13 nitrogen and oxygen atoms in total. The van der Waals surface area contributed by atoms with Gasteiger partial charge in [-0.2, -0.15) is 5.26 Å². The Kier molecular flexibility index (Phi) is 8.90. The van der Waals surface area contributed by atoms with Gasteiger partial charge in [-0.1, -0.05) is 37.5 Å². The van der Waals surface area contributed by atoms with Crippen LogP contribution in [0.4, 0.5) is 4.79 Å². The van der Waals surface area contributed by atoms with Gasteiger partial charge in [-0.25, -0.2) is 43.8 Å². The van der Waals surface area contributed by atoms with E-state index >= 15 is 0 Å². The van der Waals surface area contributed by atoms with Gasteiger partial charge in [0.1, 0.15) is 28.8 Å². The SMILES string of the molecule is [C-]#[N+]C1(C#N)CC23C=CC(C(=O)OCC)(O2)C(=C)[C@H]3[C@@H]2C1=CC1CC[C@@H]2N1C(=O)OC(C)(C)C.[C-]#[N+]C1([N+]#[C-])C[C@@]23C=C[C@@](C(=O)OCC)(O2)C(=C)[C@H]3[C@H]2C1=C[C@@H]1CC[C@H]2C1. The van der Waals surface area contributed by atoms with Crippen molar-refractivity contribution in [1.29, 1.82) is 5.26 Å². The molecule has 316 valence electrons. The van der Waals surface area contributed by atoms with Gasteiger partial charge in [-0.15, -0.1) is 0 Å². The lowest BCUT2D eigenvalue weighted by Crippen LogP contribution is -2.61. The van der Waals surface area contributed by atoms with Gasteiger partial charge in [0.15, 0.2) is 6.07 Å². The largest absolute Gasteiger partial charge is 0.509 e. The van der Waals surface area contributed by atoms with Crippen LogP contribution >= 0.6 is 0 Å². The summed E-state index contributed by atoms with van der Waals surface area (Å²) in [5.41, 5.74) is -4.89. The third-order valence-electron chi connectivity index (χ3n) is 15.3. The third-order valence-corrected chi connectivity index (χ3v) is 15.3. The number of rotatable bonds is 4. The topological polar surface area (TPSA) is 137 Å². The molecule has 61 heavy (non-hydrogen) atoms. The zero-order chi connectivity index (χ0) is 43.7. The van der Waals surface area contributed by atoms with Crippen molar-refractivity contribution >= 4 is 18.0 Å². The Hall–Kier alpha value is -5.47. The highest BCUT2D eigenvalue weighted by Gasteiger charge is 2.78. The number of hydrogen-bond acceptors (Lipinski definition) is 9. The lowest BCUT2D eigenvalue weighted by Gasteiger charge is -2.51. The average Bonchev–Trinajstić information content (AvgIpc) is 4.06. The van der Waals surface area contributed by atoms with Crippen LogP contribution in [0.25, 0.3) is 14.5 Å². The number of ether oxygens (including phenoxy) is 5. The van der Waals surface area contributed by atoms with Crippen molar-refractivity contribution in [1.82, 2.24) is 4.90 Å². The first-order valence-corrected chi connectivity index (χ1v) is 21.5. The van der Waals surface area contributed by atoms with Gasteiger partial charge < -0.3 is 23.7 Å². The molecule has 6 heterocycles. The number of carbonyl (C=O) groups excluding carboxylic acids is 3. The minimum atomic E-state index is -1.44. The van der Waals surface area contributed by atoms with E-state index in [1.165, 1.54) is 0 Å². The van der Waals surface area contributed by atoms with Gasteiger partial charge in [0, 0.05) is 35.3 Å². The minimum absolute atomic E-state index is 0.0504. The predicted molar refractivity (Wildman–Crippen MR) is 219 cm³/mol. The molecule has 0 radical (unpaired) electrons. The van der Waals surface area contributed by atoms with Gasteiger partial charge in [-0.05, 0) is 102 Å². The summed E-state index contributed by atoms with van der Waals surface area (Å²) in [6.07, 6.45) is 16.0. The first kappa shape index (κ1) is 40.9. The number of fused-ring (bicyclic) bond motifs is 12. The van der Waals surface area contributed by atoms with Crippen LogP contribution < -0.4 is 0 Å². The van der Waals surface area contributed by atoms with E-state index in [-0.39, 0.29) is 61.8 Å². The Morgan fingerprint density at radius 2 is 1.43 bits per heavy atom. The van der Waals surface area contributed by atoms with E-state index in [1.54, 1.807) is 30.9 Å². The highest BCUT2D eigenvalue weighted by molar-refractivity contribution is 5.90. The maximum absolute atomic E-state index is 13.2. The highest BCUT2D eigenvalue weighted by atomic mass is 16.6. The van der Waals surface area contributed by atoms with E-state index in [0.29, 0.717) is 23.8 Å². The van der Waals surface area contributed by atoms with Crippen molar-refractivity contribution in [3.63, 3.8) is 0 Å². The quantitative estimate of drug-likeness (QED) is 0.123. The molecule has 13 atom stereocenters. The molecule has 0 N–H and O–H groups in total. The molecule has 0 aromatic carbocycles. The Bertz CT molecular complexity index is 2330. The van der Waals surface area contributed by atoms with E-state index in [2.05, 4.69) is 39.8 Å². The van der Waals surface area contributed by atoms with E-state index in [0.717, 1.165) is 42.4 Å². The fourth-order valence-corrected chi connectivity index (χ4v) is 13.2. The highest BCUT2D eigenvalue weighted by Crippen LogP contribution is 2.69. The van der Waals surface area contributed by atoms with Gasteiger partial charge in [0.05, 0.1) is 25.7 Å². The van der Waals surface area contributed by atoms with Crippen LogP contribution in [0.2, 0.25) is 0 Å². The van der Waals surface area contributed by atoms with Gasteiger partial charge in [-0.3, -0.25) is 9.74 Å². The summed E-state index contributed by atoms with van der Waals surface area (Å²) in [6, 6.07) is 1.75. The van der Waals surface area contributed by atoms with E-state index in [4.69, 9.17) is 43.4 Å². The van der Waals surface area contributed by atoms with Crippen molar-refractivity contribution in [3.8, 4) is 6.07 Å². The summed E-state index contributed by atoms with van der Waals surface area (Å²) in [7, 11) is 0. The normalized spacial score (nSPS) is 42.7. The number of amides is 1. The van der Waals surface area contributed by atoms with Crippen LogP contribution in [0.3, 0.4) is 0 Å². The molecule has 4 unspecified atom stereocenters. The van der Waals surface area contributed by atoms with Crippen LogP contribution in [0, 0.1) is 66.6 Å². The lowest BCUT2D eigenvalue weighted by atomic mass is 9.54. The van der Waals surface area contributed by atoms with Crippen LogP contribution in [-0.4, -0.2) is 87.4 Å². The van der Waals surface area contributed by atoms with E-state index in [1.807, 2.05) is 39.0 Å². The number of carbonyl (C=O) groups is 3. The second-order valence-corrected chi connectivity index (χ2v) is 19.4. The van der Waals surface area contributed by atoms with Gasteiger partial charge in [0.25, 0.3) is 0 Å². The number of nitrogens with zero attached hydrogens (tertiary/aromatic N) is 5. The zero-order valence-electron chi connectivity index (χ0n) is 35.4. The van der Waals surface area contributed by atoms with Gasteiger partial charge in [0.2, 0.25) is 11.2 Å². The Balaban J connectivity index is 0.000000160. The lowest BCUT2D eigenvalue weighted by molar-refractivity contribution is -0.165. The summed E-state index contributed by atoms with van der Waals surface area (Å²) in [5, 5.41) is 10.3. The molecule has 0 aromatic rings. The number of esters is 2. The Labute approximate surface area is 357 Å². The molecule has 13 heteroatoms. The monoisotopic (exact) mass is 825 g/mol. The average molecular weight is 826 g/mol. The maximum atomic E-state index is 13.2. The van der Waals surface area contributed by atoms with Crippen LogP contribution in [0.15, 0.2) is 71.9 Å². The second-order valence-electron chi connectivity index (χ2n) is 19.4. The van der Waals surface area contributed by atoms with E-state index in [9.17, 15) is 19.6 Å². The second kappa shape index (κ2) is 13.3. The summed E-state index contributed by atoms with van der Waals surface area (Å²) in [6.45, 7) is 41.8.